The first-order valence-corrected chi connectivity index (χ1v) is 8.63. The summed E-state index contributed by atoms with van der Waals surface area (Å²) in [7, 11) is 2.42. The van der Waals surface area contributed by atoms with Crippen LogP contribution in [0.25, 0.3) is 0 Å². The van der Waals surface area contributed by atoms with E-state index in [1.807, 2.05) is 12.1 Å². The van der Waals surface area contributed by atoms with Crippen molar-refractivity contribution in [2.75, 3.05) is 34.5 Å². The summed E-state index contributed by atoms with van der Waals surface area (Å²) in [6, 6.07) is 8.83. The Bertz CT molecular complexity index is 392. The quantitative estimate of drug-likeness (QED) is 0.515. The molecule has 0 N–H and O–H groups in total. The second kappa shape index (κ2) is 7.19. The fourth-order valence-electron chi connectivity index (χ4n) is 1.96. The second-order valence-corrected chi connectivity index (χ2v) is 7.80. The molecule has 1 aliphatic rings. The maximum Gasteiger partial charge on any atom is 0.500 e. The van der Waals surface area contributed by atoms with Crippen molar-refractivity contribution in [3.63, 3.8) is 0 Å². The molecule has 0 radical (unpaired) electrons. The number of rotatable bonds is 9. The molecule has 0 bridgehead atoms. The van der Waals surface area contributed by atoms with Gasteiger partial charge < -0.3 is 22.8 Å². The van der Waals surface area contributed by atoms with E-state index < -0.39 is 8.80 Å². The third kappa shape index (κ3) is 4.29. The summed E-state index contributed by atoms with van der Waals surface area (Å²) in [4.78, 5) is 0. The number of ether oxygens (including phenoxy) is 2. The van der Waals surface area contributed by atoms with Gasteiger partial charge in [0.1, 0.15) is 18.5 Å². The second-order valence-electron chi connectivity index (χ2n) is 4.71. The van der Waals surface area contributed by atoms with Gasteiger partial charge in [-0.3, -0.25) is 0 Å². The standard InChI is InChI=1S/C14H22O5Si/c1-15-20(16-2,17-3)9-8-12-4-6-13(7-5-12)18-10-14-11-19-14/h4-7,14H,8-11H2,1-3H3/t14-/m0/s1. The lowest BCUT2D eigenvalue weighted by Crippen LogP contribution is -2.43. The molecule has 2 rings (SSSR count). The van der Waals surface area contributed by atoms with Gasteiger partial charge in [-0.25, -0.2) is 0 Å². The topological polar surface area (TPSA) is 49.5 Å². The molecule has 1 heterocycles. The normalized spacial score (nSPS) is 18.1. The van der Waals surface area contributed by atoms with Crippen LogP contribution >= 0.6 is 0 Å². The third-order valence-electron chi connectivity index (χ3n) is 3.41. The first-order chi connectivity index (χ1) is 9.71. The number of hydrogen-bond donors (Lipinski definition) is 0. The highest BCUT2D eigenvalue weighted by Gasteiger charge is 2.37. The summed E-state index contributed by atoms with van der Waals surface area (Å²) < 4.78 is 26.9. The minimum Gasteiger partial charge on any atom is -0.491 e. The van der Waals surface area contributed by atoms with E-state index in [0.717, 1.165) is 24.8 Å². The molecule has 1 aromatic carbocycles. The fourth-order valence-corrected chi connectivity index (χ4v) is 3.67. The summed E-state index contributed by atoms with van der Waals surface area (Å²) in [5, 5.41) is 0. The van der Waals surface area contributed by atoms with E-state index in [2.05, 4.69) is 12.1 Å². The molecule has 6 heteroatoms. The summed E-state index contributed by atoms with van der Waals surface area (Å²) in [6.07, 6.45) is 1.14. The molecule has 5 nitrogen and oxygen atoms in total. The Kier molecular flexibility index (Phi) is 5.56. The van der Waals surface area contributed by atoms with Crippen molar-refractivity contribution in [3.05, 3.63) is 29.8 Å². The molecular weight excluding hydrogens is 276 g/mol. The van der Waals surface area contributed by atoms with E-state index in [-0.39, 0.29) is 6.10 Å². The highest BCUT2D eigenvalue weighted by molar-refractivity contribution is 6.60. The van der Waals surface area contributed by atoms with Crippen LogP contribution in [0.5, 0.6) is 5.75 Å². The molecular formula is C14H22O5Si. The van der Waals surface area contributed by atoms with Crippen LogP contribution in [-0.4, -0.2) is 49.5 Å². The zero-order valence-electron chi connectivity index (χ0n) is 12.3. The molecule has 0 aromatic heterocycles. The first kappa shape index (κ1) is 15.5. The first-order valence-electron chi connectivity index (χ1n) is 6.70. The van der Waals surface area contributed by atoms with Crippen molar-refractivity contribution < 1.29 is 22.8 Å². The highest BCUT2D eigenvalue weighted by atomic mass is 28.4. The van der Waals surface area contributed by atoms with Gasteiger partial charge in [-0.05, 0) is 24.1 Å². The Morgan fingerprint density at radius 3 is 2.20 bits per heavy atom. The fraction of sp³-hybridized carbons (Fsp3) is 0.571. The minimum atomic E-state index is -2.48. The van der Waals surface area contributed by atoms with Crippen molar-refractivity contribution >= 4 is 8.80 Å². The maximum atomic E-state index is 5.60. The summed E-state index contributed by atoms with van der Waals surface area (Å²) in [5.41, 5.74) is 1.21. The van der Waals surface area contributed by atoms with Gasteiger partial charge >= 0.3 is 8.80 Å². The lowest BCUT2D eigenvalue weighted by molar-refractivity contribution is 0.123. The lowest BCUT2D eigenvalue weighted by atomic mass is 10.2. The molecule has 1 aromatic rings. The zero-order chi connectivity index (χ0) is 14.4. The molecule has 0 spiro atoms. The monoisotopic (exact) mass is 298 g/mol. The zero-order valence-corrected chi connectivity index (χ0v) is 13.3. The highest BCUT2D eigenvalue weighted by Crippen LogP contribution is 2.20. The van der Waals surface area contributed by atoms with Gasteiger partial charge in [-0.15, -0.1) is 0 Å². The number of aryl methyl sites for hydroxylation is 1. The van der Waals surface area contributed by atoms with E-state index >= 15 is 0 Å². The van der Waals surface area contributed by atoms with Crippen molar-refractivity contribution in [1.82, 2.24) is 0 Å². The van der Waals surface area contributed by atoms with Crippen LogP contribution in [-0.2, 0) is 24.4 Å². The van der Waals surface area contributed by atoms with Gasteiger partial charge in [-0.1, -0.05) is 12.1 Å². The summed E-state index contributed by atoms with van der Waals surface area (Å²) in [6.45, 7) is 1.45. The molecule has 1 saturated heterocycles. The van der Waals surface area contributed by atoms with E-state index in [9.17, 15) is 0 Å². The smallest absolute Gasteiger partial charge is 0.491 e. The van der Waals surface area contributed by atoms with E-state index in [1.165, 1.54) is 5.56 Å². The largest absolute Gasteiger partial charge is 0.500 e. The average molecular weight is 298 g/mol. The van der Waals surface area contributed by atoms with Gasteiger partial charge in [0.25, 0.3) is 0 Å². The Morgan fingerprint density at radius 1 is 1.10 bits per heavy atom. The van der Waals surface area contributed by atoms with Crippen molar-refractivity contribution in [2.24, 2.45) is 0 Å². The van der Waals surface area contributed by atoms with Crippen LogP contribution in [0.3, 0.4) is 0 Å². The molecule has 20 heavy (non-hydrogen) atoms. The molecule has 0 aliphatic carbocycles. The molecule has 0 unspecified atom stereocenters. The van der Waals surface area contributed by atoms with Crippen molar-refractivity contribution in [3.8, 4) is 5.75 Å². The van der Waals surface area contributed by atoms with E-state index in [4.69, 9.17) is 22.8 Å². The Balaban J connectivity index is 1.83. The number of hydrogen-bond acceptors (Lipinski definition) is 5. The van der Waals surface area contributed by atoms with Gasteiger partial charge in [-0.2, -0.15) is 0 Å². The predicted molar refractivity (Wildman–Crippen MR) is 77.0 cm³/mol. The predicted octanol–water partition coefficient (Wildman–Crippen LogP) is 1.88. The Morgan fingerprint density at radius 2 is 1.70 bits per heavy atom. The maximum absolute atomic E-state index is 5.60. The van der Waals surface area contributed by atoms with Crippen molar-refractivity contribution in [1.29, 1.82) is 0 Å². The van der Waals surface area contributed by atoms with E-state index in [1.54, 1.807) is 21.3 Å². The van der Waals surface area contributed by atoms with Gasteiger partial charge in [0, 0.05) is 27.4 Å². The SMILES string of the molecule is CO[Si](CCc1ccc(OC[C@H]2CO2)cc1)(OC)OC. The van der Waals surface area contributed by atoms with Crippen LogP contribution in [0.1, 0.15) is 5.56 Å². The Labute approximate surface area is 121 Å². The van der Waals surface area contributed by atoms with Crippen LogP contribution in [0.4, 0.5) is 0 Å². The van der Waals surface area contributed by atoms with E-state index in [0.29, 0.717) is 6.61 Å². The van der Waals surface area contributed by atoms with Gasteiger partial charge in [0.2, 0.25) is 0 Å². The number of epoxide rings is 1. The average Bonchev–Trinajstić information content (AvgIpc) is 3.33. The molecule has 0 saturated carbocycles. The van der Waals surface area contributed by atoms with Gasteiger partial charge in [0.15, 0.2) is 0 Å². The molecule has 1 atom stereocenters. The third-order valence-corrected chi connectivity index (χ3v) is 6.14. The molecule has 1 fully saturated rings. The summed E-state index contributed by atoms with van der Waals surface area (Å²) >= 11 is 0. The molecule has 1 aliphatic heterocycles. The van der Waals surface area contributed by atoms with Gasteiger partial charge in [0.05, 0.1) is 6.61 Å². The van der Waals surface area contributed by atoms with Crippen LogP contribution in [0.2, 0.25) is 6.04 Å². The molecule has 0 amide bonds. The summed E-state index contributed by atoms with van der Waals surface area (Å²) in [5.74, 6) is 0.873. The number of benzene rings is 1. The minimum absolute atomic E-state index is 0.284. The van der Waals surface area contributed by atoms with Crippen LogP contribution in [0.15, 0.2) is 24.3 Å². The molecule has 112 valence electrons. The lowest BCUT2D eigenvalue weighted by Gasteiger charge is -2.24. The Hall–Kier alpha value is -0.923. The van der Waals surface area contributed by atoms with Crippen LogP contribution in [0, 0.1) is 0 Å². The van der Waals surface area contributed by atoms with Crippen molar-refractivity contribution in [2.45, 2.75) is 18.6 Å². The van der Waals surface area contributed by atoms with Crippen LogP contribution < -0.4 is 4.74 Å².